The van der Waals surface area contributed by atoms with E-state index >= 15 is 0 Å². The van der Waals surface area contributed by atoms with Crippen molar-refractivity contribution in [1.29, 1.82) is 0 Å². The lowest BCUT2D eigenvalue weighted by atomic mass is 9.95. The van der Waals surface area contributed by atoms with Crippen LogP contribution in [0.2, 0.25) is 0 Å². The molecule has 1 saturated heterocycles. The topological polar surface area (TPSA) is 79.0 Å². The highest BCUT2D eigenvalue weighted by Gasteiger charge is 2.29. The van der Waals surface area contributed by atoms with Crippen LogP contribution in [-0.2, 0) is 14.8 Å². The van der Waals surface area contributed by atoms with E-state index in [1.807, 2.05) is 4.90 Å². The molecule has 0 radical (unpaired) electrons. The van der Waals surface area contributed by atoms with E-state index in [0.29, 0.717) is 31.9 Å². The van der Waals surface area contributed by atoms with Crippen LogP contribution in [0.5, 0.6) is 5.75 Å². The van der Waals surface area contributed by atoms with Gasteiger partial charge in [-0.3, -0.25) is 4.79 Å². The average Bonchev–Trinajstić information content (AvgIpc) is 2.85. The molecule has 184 valence electrons. The lowest BCUT2D eigenvalue weighted by molar-refractivity contribution is -0.128. The molecule has 4 rings (SSSR count). The first-order valence-corrected chi connectivity index (χ1v) is 13.3. The van der Waals surface area contributed by atoms with Crippen molar-refractivity contribution >= 4 is 21.6 Å². The van der Waals surface area contributed by atoms with Crippen molar-refractivity contribution in [1.82, 2.24) is 9.62 Å². The van der Waals surface area contributed by atoms with E-state index < -0.39 is 16.1 Å². The largest absolute Gasteiger partial charge is 0.481 e. The number of carbonyl (C=O) groups excluding carboxylic acids is 1. The molecule has 1 amide bonds. The highest BCUT2D eigenvalue weighted by Crippen LogP contribution is 2.24. The summed E-state index contributed by atoms with van der Waals surface area (Å²) in [7, 11) is -3.64. The molecule has 9 heteroatoms. The number of piperazine rings is 1. The number of amides is 1. The van der Waals surface area contributed by atoms with Gasteiger partial charge in [0, 0.05) is 37.9 Å². The van der Waals surface area contributed by atoms with Gasteiger partial charge in [-0.05, 0) is 68.3 Å². The van der Waals surface area contributed by atoms with Crippen LogP contribution in [-0.4, -0.2) is 57.0 Å². The van der Waals surface area contributed by atoms with Crippen LogP contribution in [0.25, 0.3) is 0 Å². The predicted octanol–water partition coefficient (Wildman–Crippen LogP) is 3.55. The van der Waals surface area contributed by atoms with Gasteiger partial charge >= 0.3 is 0 Å². The second-order valence-corrected chi connectivity index (χ2v) is 10.9. The zero-order valence-electron chi connectivity index (χ0n) is 19.5. The maximum absolute atomic E-state index is 13.2. The minimum Gasteiger partial charge on any atom is -0.481 e. The lowest BCUT2D eigenvalue weighted by Gasteiger charge is -2.35. The molecule has 2 aromatic rings. The Morgan fingerprint density at radius 2 is 1.59 bits per heavy atom. The molecule has 0 aromatic heterocycles. The summed E-state index contributed by atoms with van der Waals surface area (Å²) in [4.78, 5) is 14.7. The second-order valence-electron chi connectivity index (χ2n) is 8.94. The van der Waals surface area contributed by atoms with E-state index in [9.17, 15) is 17.6 Å². The lowest BCUT2D eigenvalue weighted by Crippen LogP contribution is -2.48. The Hall–Kier alpha value is -2.65. The first kappa shape index (κ1) is 24.5. The number of nitrogens with zero attached hydrogens (tertiary/aromatic N) is 2. The molecule has 2 aliphatic rings. The van der Waals surface area contributed by atoms with Crippen LogP contribution < -0.4 is 15.0 Å². The summed E-state index contributed by atoms with van der Waals surface area (Å²) in [5, 5.41) is 3.05. The summed E-state index contributed by atoms with van der Waals surface area (Å²) < 4.78 is 46.6. The minimum absolute atomic E-state index is 0.150. The molecule has 1 N–H and O–H groups in total. The van der Waals surface area contributed by atoms with E-state index in [-0.39, 0.29) is 22.7 Å². The van der Waals surface area contributed by atoms with Crippen molar-refractivity contribution in [2.75, 3.05) is 31.1 Å². The first-order chi connectivity index (χ1) is 16.3. The van der Waals surface area contributed by atoms with Crippen molar-refractivity contribution in [2.24, 2.45) is 0 Å². The van der Waals surface area contributed by atoms with Gasteiger partial charge in [0.1, 0.15) is 11.6 Å². The van der Waals surface area contributed by atoms with Gasteiger partial charge in [0.05, 0.1) is 4.90 Å². The minimum atomic E-state index is -3.64. The molecule has 1 aliphatic heterocycles. The van der Waals surface area contributed by atoms with E-state index in [4.69, 9.17) is 4.74 Å². The number of sulfonamides is 1. The van der Waals surface area contributed by atoms with Crippen molar-refractivity contribution in [2.45, 2.75) is 56.1 Å². The van der Waals surface area contributed by atoms with Crippen LogP contribution in [0, 0.1) is 5.82 Å². The van der Waals surface area contributed by atoms with Gasteiger partial charge in [-0.25, -0.2) is 12.8 Å². The fraction of sp³-hybridized carbons (Fsp3) is 0.480. The highest BCUT2D eigenvalue weighted by molar-refractivity contribution is 7.89. The number of hydrogen-bond acceptors (Lipinski definition) is 5. The Morgan fingerprint density at radius 1 is 0.971 bits per heavy atom. The van der Waals surface area contributed by atoms with Crippen molar-refractivity contribution in [3.8, 4) is 5.75 Å². The molecule has 0 spiro atoms. The zero-order chi connectivity index (χ0) is 24.1. The van der Waals surface area contributed by atoms with Gasteiger partial charge in [0.15, 0.2) is 6.10 Å². The average molecular weight is 490 g/mol. The summed E-state index contributed by atoms with van der Waals surface area (Å²) >= 11 is 0. The summed E-state index contributed by atoms with van der Waals surface area (Å²) in [6.45, 7) is 3.44. The normalized spacial score (nSPS) is 18.9. The summed E-state index contributed by atoms with van der Waals surface area (Å²) in [5.41, 5.74) is 0.876. The van der Waals surface area contributed by atoms with Gasteiger partial charge in [0.25, 0.3) is 5.91 Å². The number of rotatable bonds is 7. The van der Waals surface area contributed by atoms with E-state index in [0.717, 1.165) is 31.4 Å². The number of anilines is 1. The summed E-state index contributed by atoms with van der Waals surface area (Å²) in [6, 6.07) is 12.6. The SMILES string of the molecule is C[C@H](Oc1ccc(S(=O)(=O)N2CCN(c3ccc(F)cc3)CC2)cc1)C(=O)NC1CCCCC1. The highest BCUT2D eigenvalue weighted by atomic mass is 32.2. The maximum Gasteiger partial charge on any atom is 0.260 e. The molecular weight excluding hydrogens is 457 g/mol. The molecule has 1 atom stereocenters. The van der Waals surface area contributed by atoms with E-state index in [1.54, 1.807) is 31.2 Å². The number of halogens is 1. The molecule has 2 aromatic carbocycles. The van der Waals surface area contributed by atoms with Crippen LogP contribution in [0.3, 0.4) is 0 Å². The fourth-order valence-corrected chi connectivity index (χ4v) is 5.92. The third kappa shape index (κ3) is 5.88. The summed E-state index contributed by atoms with van der Waals surface area (Å²) in [5.74, 6) is 0.00521. The number of benzene rings is 2. The van der Waals surface area contributed by atoms with Crippen LogP contribution in [0.1, 0.15) is 39.0 Å². The standard InChI is InChI=1S/C25H32FN3O4S/c1-19(25(30)27-21-5-3-2-4-6-21)33-23-11-13-24(14-12-23)34(31,32)29-17-15-28(16-18-29)22-9-7-20(26)8-10-22/h7-14,19,21H,2-6,15-18H2,1H3,(H,27,30)/t19-/m0/s1. The third-order valence-corrected chi connectivity index (χ3v) is 8.44. The van der Waals surface area contributed by atoms with Gasteiger partial charge < -0.3 is 15.0 Å². The molecule has 34 heavy (non-hydrogen) atoms. The third-order valence-electron chi connectivity index (χ3n) is 6.53. The molecule has 1 saturated carbocycles. The van der Waals surface area contributed by atoms with Gasteiger partial charge in [-0.15, -0.1) is 0 Å². The molecule has 7 nitrogen and oxygen atoms in total. The summed E-state index contributed by atoms with van der Waals surface area (Å²) in [6.07, 6.45) is 4.84. The Bertz CT molecular complexity index is 1060. The zero-order valence-corrected chi connectivity index (χ0v) is 20.3. The molecule has 0 bridgehead atoms. The van der Waals surface area contributed by atoms with Crippen molar-refractivity contribution in [3.05, 3.63) is 54.3 Å². The Balaban J connectivity index is 1.31. The molecule has 0 unspecified atom stereocenters. The van der Waals surface area contributed by atoms with Crippen LogP contribution in [0.4, 0.5) is 10.1 Å². The fourth-order valence-electron chi connectivity index (χ4n) is 4.50. The Kier molecular flexibility index (Phi) is 7.73. The number of hydrogen-bond donors (Lipinski definition) is 1. The number of nitrogens with one attached hydrogen (secondary N) is 1. The van der Waals surface area contributed by atoms with E-state index in [1.165, 1.54) is 35.0 Å². The quantitative estimate of drug-likeness (QED) is 0.644. The van der Waals surface area contributed by atoms with Crippen LogP contribution >= 0.6 is 0 Å². The van der Waals surface area contributed by atoms with Gasteiger partial charge in [0.2, 0.25) is 10.0 Å². The van der Waals surface area contributed by atoms with Gasteiger partial charge in [-0.1, -0.05) is 19.3 Å². The predicted molar refractivity (Wildman–Crippen MR) is 129 cm³/mol. The Labute approximate surface area is 200 Å². The molecule has 1 heterocycles. The molecular formula is C25H32FN3O4S. The Morgan fingerprint density at radius 3 is 2.21 bits per heavy atom. The monoisotopic (exact) mass is 489 g/mol. The molecule has 2 fully saturated rings. The first-order valence-electron chi connectivity index (χ1n) is 11.9. The number of ether oxygens (including phenoxy) is 1. The number of carbonyl (C=O) groups is 1. The van der Waals surface area contributed by atoms with Gasteiger partial charge in [-0.2, -0.15) is 4.31 Å². The van der Waals surface area contributed by atoms with Crippen molar-refractivity contribution < 1.29 is 22.3 Å². The smallest absolute Gasteiger partial charge is 0.260 e. The van der Waals surface area contributed by atoms with Crippen molar-refractivity contribution in [3.63, 3.8) is 0 Å². The maximum atomic E-state index is 13.2. The second kappa shape index (κ2) is 10.7. The molecule has 1 aliphatic carbocycles. The van der Waals surface area contributed by atoms with E-state index in [2.05, 4.69) is 5.32 Å². The van der Waals surface area contributed by atoms with Crippen LogP contribution in [0.15, 0.2) is 53.4 Å².